The number of fused-ring (bicyclic) bond motifs is 1. The molecule has 1 N–H and O–H groups in total. The van der Waals surface area contributed by atoms with Crippen molar-refractivity contribution < 1.29 is 4.42 Å². The highest BCUT2D eigenvalue weighted by Gasteiger charge is 2.16. The van der Waals surface area contributed by atoms with E-state index in [0.29, 0.717) is 0 Å². The Labute approximate surface area is 125 Å². The number of likely N-dealkylation sites (N-methyl/N-ethyl adjacent to an activating group) is 1. The fraction of sp³-hybridized carbons (Fsp3) is 0.471. The lowest BCUT2D eigenvalue weighted by Crippen LogP contribution is -2.18. The summed E-state index contributed by atoms with van der Waals surface area (Å²) in [6, 6.07) is 3.87. The van der Waals surface area contributed by atoms with Gasteiger partial charge in [0.15, 0.2) is 0 Å². The summed E-state index contributed by atoms with van der Waals surface area (Å²) >= 11 is 0. The van der Waals surface area contributed by atoms with E-state index < -0.39 is 0 Å². The molecular formula is C17H23N3O. The molecule has 0 bridgehead atoms. The second-order valence-corrected chi connectivity index (χ2v) is 5.80. The van der Waals surface area contributed by atoms with E-state index in [4.69, 9.17) is 4.42 Å². The van der Waals surface area contributed by atoms with Gasteiger partial charge in [-0.1, -0.05) is 12.5 Å². The van der Waals surface area contributed by atoms with Gasteiger partial charge in [0.2, 0.25) is 0 Å². The maximum absolute atomic E-state index is 5.29. The van der Waals surface area contributed by atoms with Crippen LogP contribution in [0.15, 0.2) is 28.9 Å². The fourth-order valence-corrected chi connectivity index (χ4v) is 2.91. The number of rotatable bonds is 5. The molecule has 2 heterocycles. The molecule has 4 nitrogen and oxygen atoms in total. The van der Waals surface area contributed by atoms with Gasteiger partial charge in [-0.15, -0.1) is 0 Å². The van der Waals surface area contributed by atoms with E-state index in [9.17, 15) is 0 Å². The zero-order chi connectivity index (χ0) is 14.5. The summed E-state index contributed by atoms with van der Waals surface area (Å²) < 4.78 is 5.29. The Morgan fingerprint density at radius 3 is 3.10 bits per heavy atom. The molecule has 21 heavy (non-hydrogen) atoms. The van der Waals surface area contributed by atoms with Gasteiger partial charge in [-0.25, -0.2) is 0 Å². The zero-order valence-corrected chi connectivity index (χ0v) is 12.6. The highest BCUT2D eigenvalue weighted by Crippen LogP contribution is 2.22. The van der Waals surface area contributed by atoms with Gasteiger partial charge in [0.25, 0.3) is 0 Å². The van der Waals surface area contributed by atoms with Crippen LogP contribution in [0.5, 0.6) is 0 Å². The van der Waals surface area contributed by atoms with E-state index in [-0.39, 0.29) is 0 Å². The normalized spacial score (nSPS) is 15.5. The van der Waals surface area contributed by atoms with Crippen LogP contribution >= 0.6 is 0 Å². The quantitative estimate of drug-likeness (QED) is 0.856. The number of aromatic amines is 1. The van der Waals surface area contributed by atoms with Crippen LogP contribution in [-0.2, 0) is 19.4 Å². The lowest BCUT2D eigenvalue weighted by atomic mass is 10.1. The molecule has 0 aromatic carbocycles. The van der Waals surface area contributed by atoms with Crippen LogP contribution in [0.2, 0.25) is 0 Å². The van der Waals surface area contributed by atoms with Gasteiger partial charge in [-0.05, 0) is 56.5 Å². The third kappa shape index (κ3) is 3.64. The van der Waals surface area contributed by atoms with E-state index >= 15 is 0 Å². The Morgan fingerprint density at radius 1 is 1.33 bits per heavy atom. The molecule has 0 atom stereocenters. The molecule has 0 saturated carbocycles. The molecule has 2 aromatic heterocycles. The van der Waals surface area contributed by atoms with Crippen LogP contribution in [0.3, 0.4) is 0 Å². The lowest BCUT2D eigenvalue weighted by molar-refractivity contribution is 0.357. The minimum absolute atomic E-state index is 0.891. The van der Waals surface area contributed by atoms with Gasteiger partial charge in [0, 0.05) is 18.8 Å². The standard InChI is InChI=1S/C17H23N3O/c1-20(11-5-7-14-8-6-12-21-14)13-17-15-9-3-2-4-10-16(15)18-19-17/h5-8,12H,2-4,9-11,13H2,1H3,(H,18,19). The number of aryl methyl sites for hydroxylation is 1. The van der Waals surface area contributed by atoms with Gasteiger partial charge in [0.05, 0.1) is 12.0 Å². The van der Waals surface area contributed by atoms with Gasteiger partial charge in [0.1, 0.15) is 5.76 Å². The molecule has 0 unspecified atom stereocenters. The summed E-state index contributed by atoms with van der Waals surface area (Å²) in [5.41, 5.74) is 4.05. The number of H-pyrrole nitrogens is 1. The molecule has 112 valence electrons. The molecule has 2 aromatic rings. The van der Waals surface area contributed by atoms with E-state index in [0.717, 1.165) is 25.3 Å². The molecular weight excluding hydrogens is 262 g/mol. The fourth-order valence-electron chi connectivity index (χ4n) is 2.91. The molecule has 4 heteroatoms. The summed E-state index contributed by atoms with van der Waals surface area (Å²) in [7, 11) is 2.13. The second kappa shape index (κ2) is 6.76. The van der Waals surface area contributed by atoms with Crippen molar-refractivity contribution in [2.45, 2.75) is 38.6 Å². The Balaban J connectivity index is 1.57. The average molecular weight is 285 g/mol. The number of furan rings is 1. The highest BCUT2D eigenvalue weighted by atomic mass is 16.3. The molecule has 0 fully saturated rings. The van der Waals surface area contributed by atoms with E-state index in [1.807, 2.05) is 18.2 Å². The zero-order valence-electron chi connectivity index (χ0n) is 12.6. The van der Waals surface area contributed by atoms with Gasteiger partial charge >= 0.3 is 0 Å². The first-order chi connectivity index (χ1) is 10.3. The number of hydrogen-bond acceptors (Lipinski definition) is 3. The van der Waals surface area contributed by atoms with Crippen LogP contribution < -0.4 is 0 Å². The largest absolute Gasteiger partial charge is 0.465 e. The van der Waals surface area contributed by atoms with Crippen LogP contribution in [0.25, 0.3) is 6.08 Å². The number of aromatic nitrogens is 2. The van der Waals surface area contributed by atoms with E-state index in [2.05, 4.69) is 28.2 Å². The first-order valence-electron chi connectivity index (χ1n) is 7.76. The molecule has 3 rings (SSSR count). The van der Waals surface area contributed by atoms with Crippen LogP contribution in [0, 0.1) is 0 Å². The van der Waals surface area contributed by atoms with Crippen molar-refractivity contribution in [3.8, 4) is 0 Å². The van der Waals surface area contributed by atoms with Crippen molar-refractivity contribution in [2.24, 2.45) is 0 Å². The number of nitrogens with zero attached hydrogens (tertiary/aromatic N) is 2. The maximum Gasteiger partial charge on any atom is 0.126 e. The van der Waals surface area contributed by atoms with E-state index in [1.54, 1.807) is 6.26 Å². The van der Waals surface area contributed by atoms with Gasteiger partial charge in [-0.3, -0.25) is 10.00 Å². The Kier molecular flexibility index (Phi) is 4.55. The minimum Gasteiger partial charge on any atom is -0.465 e. The van der Waals surface area contributed by atoms with E-state index in [1.165, 1.54) is 42.6 Å². The molecule has 0 radical (unpaired) electrons. The summed E-state index contributed by atoms with van der Waals surface area (Å²) in [5, 5.41) is 7.77. The van der Waals surface area contributed by atoms with Crippen molar-refractivity contribution in [2.75, 3.05) is 13.6 Å². The van der Waals surface area contributed by atoms with Crippen molar-refractivity contribution >= 4 is 6.08 Å². The van der Waals surface area contributed by atoms with Crippen LogP contribution in [0.1, 0.15) is 42.0 Å². The predicted octanol–water partition coefficient (Wildman–Crippen LogP) is 3.42. The van der Waals surface area contributed by atoms with Crippen molar-refractivity contribution in [1.29, 1.82) is 0 Å². The summed E-state index contributed by atoms with van der Waals surface area (Å²) in [5.74, 6) is 0.900. The van der Waals surface area contributed by atoms with Gasteiger partial charge < -0.3 is 4.42 Å². The lowest BCUT2D eigenvalue weighted by Gasteiger charge is -2.13. The summed E-state index contributed by atoms with van der Waals surface area (Å²) in [4.78, 5) is 2.28. The summed E-state index contributed by atoms with van der Waals surface area (Å²) in [6.07, 6.45) is 12.1. The second-order valence-electron chi connectivity index (χ2n) is 5.80. The number of nitrogens with one attached hydrogen (secondary N) is 1. The van der Waals surface area contributed by atoms with Crippen molar-refractivity contribution in [1.82, 2.24) is 15.1 Å². The third-order valence-electron chi connectivity index (χ3n) is 4.05. The summed E-state index contributed by atoms with van der Waals surface area (Å²) in [6.45, 7) is 1.79. The molecule has 0 spiro atoms. The topological polar surface area (TPSA) is 45.1 Å². The SMILES string of the molecule is CN(CC=Cc1ccco1)Cc1n[nH]c2c1CCCCC2. The molecule has 0 aliphatic heterocycles. The first kappa shape index (κ1) is 14.1. The monoisotopic (exact) mass is 285 g/mol. The van der Waals surface area contributed by atoms with Crippen LogP contribution in [0.4, 0.5) is 0 Å². The van der Waals surface area contributed by atoms with Crippen molar-refractivity contribution in [3.63, 3.8) is 0 Å². The number of hydrogen-bond donors (Lipinski definition) is 1. The average Bonchev–Trinajstić information content (AvgIpc) is 3.05. The molecule has 1 aliphatic carbocycles. The first-order valence-corrected chi connectivity index (χ1v) is 7.76. The minimum atomic E-state index is 0.891. The predicted molar refractivity (Wildman–Crippen MR) is 83.9 cm³/mol. The Morgan fingerprint density at radius 2 is 2.24 bits per heavy atom. The Bertz CT molecular complexity index is 583. The van der Waals surface area contributed by atoms with Crippen molar-refractivity contribution in [3.05, 3.63) is 47.2 Å². The molecule has 0 saturated heterocycles. The molecule has 1 aliphatic rings. The van der Waals surface area contributed by atoms with Gasteiger partial charge in [-0.2, -0.15) is 5.10 Å². The highest BCUT2D eigenvalue weighted by molar-refractivity contribution is 5.42. The van der Waals surface area contributed by atoms with Crippen LogP contribution in [-0.4, -0.2) is 28.7 Å². The maximum atomic E-state index is 5.29. The Hall–Kier alpha value is -1.81. The third-order valence-corrected chi connectivity index (χ3v) is 4.05. The smallest absolute Gasteiger partial charge is 0.126 e. The molecule has 0 amide bonds.